The summed E-state index contributed by atoms with van der Waals surface area (Å²) in [6.07, 6.45) is 2.93. The van der Waals surface area contributed by atoms with Crippen LogP contribution in [0.15, 0.2) is 24.3 Å². The SMILES string of the molecule is CNC(=O)c1ccc(CN(C)CC(=O)NN2C(=O)NC3(CCC(C)CC3)C2=O)cc1. The van der Waals surface area contributed by atoms with Gasteiger partial charge >= 0.3 is 6.03 Å². The molecule has 1 saturated heterocycles. The molecule has 1 saturated carbocycles. The Labute approximate surface area is 176 Å². The highest BCUT2D eigenvalue weighted by Crippen LogP contribution is 2.35. The first-order valence-electron chi connectivity index (χ1n) is 10.2. The molecule has 0 radical (unpaired) electrons. The Bertz CT molecular complexity index is 830. The van der Waals surface area contributed by atoms with Crippen molar-refractivity contribution in [2.45, 2.75) is 44.7 Å². The number of carbonyl (C=O) groups excluding carboxylic acids is 4. The summed E-state index contributed by atoms with van der Waals surface area (Å²) >= 11 is 0. The van der Waals surface area contributed by atoms with Crippen molar-refractivity contribution in [1.29, 1.82) is 0 Å². The number of rotatable bonds is 6. The van der Waals surface area contributed by atoms with E-state index in [0.717, 1.165) is 23.4 Å². The zero-order valence-corrected chi connectivity index (χ0v) is 17.7. The average molecular weight is 415 g/mol. The van der Waals surface area contributed by atoms with E-state index in [1.165, 1.54) is 0 Å². The van der Waals surface area contributed by atoms with Crippen LogP contribution in [0.1, 0.15) is 48.5 Å². The van der Waals surface area contributed by atoms with Gasteiger partial charge in [-0.25, -0.2) is 4.79 Å². The zero-order chi connectivity index (χ0) is 21.9. The molecule has 1 heterocycles. The maximum Gasteiger partial charge on any atom is 0.344 e. The minimum Gasteiger partial charge on any atom is -0.355 e. The number of hydrazine groups is 1. The molecule has 2 fully saturated rings. The summed E-state index contributed by atoms with van der Waals surface area (Å²) in [6, 6.07) is 6.52. The minimum absolute atomic E-state index is 0.0122. The van der Waals surface area contributed by atoms with Crippen molar-refractivity contribution in [3.8, 4) is 0 Å². The van der Waals surface area contributed by atoms with E-state index in [0.29, 0.717) is 30.9 Å². The Kier molecular flexibility index (Phi) is 6.40. The van der Waals surface area contributed by atoms with Gasteiger partial charge in [-0.1, -0.05) is 19.1 Å². The van der Waals surface area contributed by atoms with Gasteiger partial charge < -0.3 is 10.6 Å². The van der Waals surface area contributed by atoms with Crippen molar-refractivity contribution >= 4 is 23.8 Å². The number of likely N-dealkylation sites (N-methyl/N-ethyl adjacent to an activating group) is 1. The second-order valence-corrected chi connectivity index (χ2v) is 8.32. The van der Waals surface area contributed by atoms with E-state index >= 15 is 0 Å². The van der Waals surface area contributed by atoms with Gasteiger partial charge in [0.25, 0.3) is 17.7 Å². The number of nitrogens with one attached hydrogen (secondary N) is 3. The van der Waals surface area contributed by atoms with Gasteiger partial charge in [0, 0.05) is 19.2 Å². The smallest absolute Gasteiger partial charge is 0.344 e. The highest BCUT2D eigenvalue weighted by atomic mass is 16.2. The molecule has 0 unspecified atom stereocenters. The van der Waals surface area contributed by atoms with Crippen LogP contribution in [0.2, 0.25) is 0 Å². The molecule has 30 heavy (non-hydrogen) atoms. The summed E-state index contributed by atoms with van der Waals surface area (Å²) < 4.78 is 0. The number of carbonyl (C=O) groups is 4. The largest absolute Gasteiger partial charge is 0.355 e. The molecule has 3 rings (SSSR count). The molecule has 1 aromatic carbocycles. The standard InChI is InChI=1S/C21H29N5O4/c1-14-8-10-21(11-9-14)19(29)26(20(30)23-21)24-17(27)13-25(3)12-15-4-6-16(7-5-15)18(28)22-2/h4-7,14H,8-13H2,1-3H3,(H,22,28)(H,23,30)(H,24,27). The zero-order valence-electron chi connectivity index (χ0n) is 17.7. The summed E-state index contributed by atoms with van der Waals surface area (Å²) in [5.41, 5.74) is 3.06. The van der Waals surface area contributed by atoms with Crippen LogP contribution in [-0.4, -0.2) is 59.8 Å². The molecule has 1 aromatic rings. The van der Waals surface area contributed by atoms with Crippen molar-refractivity contribution in [2.24, 2.45) is 5.92 Å². The normalized spacial score (nSPS) is 23.6. The molecule has 0 aromatic heterocycles. The summed E-state index contributed by atoms with van der Waals surface area (Å²) in [5.74, 6) is -0.444. The van der Waals surface area contributed by atoms with Crippen molar-refractivity contribution in [1.82, 2.24) is 26.0 Å². The number of hydrogen-bond acceptors (Lipinski definition) is 5. The van der Waals surface area contributed by atoms with E-state index in [4.69, 9.17) is 0 Å². The van der Waals surface area contributed by atoms with Crippen molar-refractivity contribution in [3.63, 3.8) is 0 Å². The first-order chi connectivity index (χ1) is 14.2. The third-order valence-corrected chi connectivity index (χ3v) is 5.84. The number of nitrogens with zero attached hydrogens (tertiary/aromatic N) is 2. The van der Waals surface area contributed by atoms with Crippen molar-refractivity contribution in [2.75, 3.05) is 20.6 Å². The summed E-state index contributed by atoms with van der Waals surface area (Å²) in [5, 5.41) is 6.17. The highest BCUT2D eigenvalue weighted by Gasteiger charge is 2.52. The van der Waals surface area contributed by atoms with Crippen molar-refractivity contribution < 1.29 is 19.2 Å². The van der Waals surface area contributed by atoms with Crippen LogP contribution in [0.3, 0.4) is 0 Å². The molecular formula is C21H29N5O4. The molecule has 162 valence electrons. The quantitative estimate of drug-likeness (QED) is 0.601. The molecule has 1 aliphatic heterocycles. The Balaban J connectivity index is 1.53. The lowest BCUT2D eigenvalue weighted by Gasteiger charge is -2.33. The lowest BCUT2D eigenvalue weighted by atomic mass is 9.77. The Morgan fingerprint density at radius 1 is 1.20 bits per heavy atom. The van der Waals surface area contributed by atoms with Gasteiger partial charge in [-0.05, 0) is 56.3 Å². The maximum absolute atomic E-state index is 12.8. The van der Waals surface area contributed by atoms with Crippen molar-refractivity contribution in [3.05, 3.63) is 35.4 Å². The van der Waals surface area contributed by atoms with Gasteiger partial charge in [0.2, 0.25) is 0 Å². The van der Waals surface area contributed by atoms with E-state index in [2.05, 4.69) is 23.0 Å². The molecular weight excluding hydrogens is 386 g/mol. The van der Waals surface area contributed by atoms with E-state index < -0.39 is 17.5 Å². The maximum atomic E-state index is 12.8. The first-order valence-corrected chi connectivity index (χ1v) is 10.2. The Morgan fingerprint density at radius 2 is 1.83 bits per heavy atom. The number of imide groups is 1. The number of benzene rings is 1. The Hall–Kier alpha value is -2.94. The lowest BCUT2D eigenvalue weighted by Crippen LogP contribution is -2.52. The lowest BCUT2D eigenvalue weighted by molar-refractivity contribution is -0.140. The van der Waals surface area contributed by atoms with Crippen LogP contribution in [0.25, 0.3) is 0 Å². The Morgan fingerprint density at radius 3 is 2.43 bits per heavy atom. The molecule has 0 bridgehead atoms. The van der Waals surface area contributed by atoms with E-state index in [9.17, 15) is 19.2 Å². The number of amides is 5. The molecule has 1 aliphatic carbocycles. The molecule has 2 aliphatic rings. The summed E-state index contributed by atoms with van der Waals surface area (Å²) in [6.45, 7) is 2.62. The fourth-order valence-corrected chi connectivity index (χ4v) is 3.99. The van der Waals surface area contributed by atoms with Gasteiger partial charge in [-0.3, -0.25) is 24.7 Å². The summed E-state index contributed by atoms with van der Waals surface area (Å²) in [4.78, 5) is 50.9. The van der Waals surface area contributed by atoms with Crippen LogP contribution >= 0.6 is 0 Å². The second kappa shape index (κ2) is 8.83. The predicted molar refractivity (Wildman–Crippen MR) is 110 cm³/mol. The molecule has 1 spiro atoms. The average Bonchev–Trinajstić information content (AvgIpc) is 2.94. The minimum atomic E-state index is -0.880. The number of urea groups is 1. The molecule has 9 nitrogen and oxygen atoms in total. The third-order valence-electron chi connectivity index (χ3n) is 5.84. The molecule has 0 atom stereocenters. The summed E-state index contributed by atoms with van der Waals surface area (Å²) in [7, 11) is 3.34. The highest BCUT2D eigenvalue weighted by molar-refractivity contribution is 6.08. The fraction of sp³-hybridized carbons (Fsp3) is 0.524. The van der Waals surface area contributed by atoms with E-state index in [1.54, 1.807) is 31.1 Å². The van der Waals surface area contributed by atoms with Gasteiger partial charge in [0.1, 0.15) is 5.54 Å². The van der Waals surface area contributed by atoms with Gasteiger partial charge in [0.05, 0.1) is 6.54 Å². The predicted octanol–water partition coefficient (Wildman–Crippen LogP) is 1.01. The van der Waals surface area contributed by atoms with E-state index in [-0.39, 0.29) is 18.4 Å². The monoisotopic (exact) mass is 415 g/mol. The van der Waals surface area contributed by atoms with Crippen LogP contribution in [0, 0.1) is 5.92 Å². The van der Waals surface area contributed by atoms with E-state index in [1.807, 2.05) is 12.1 Å². The first kappa shape index (κ1) is 21.8. The molecule has 5 amide bonds. The van der Waals surface area contributed by atoms with Gasteiger partial charge in [0.15, 0.2) is 0 Å². The molecule has 9 heteroatoms. The third kappa shape index (κ3) is 4.62. The van der Waals surface area contributed by atoms with Crippen LogP contribution in [-0.2, 0) is 16.1 Å². The molecule has 3 N–H and O–H groups in total. The van der Waals surface area contributed by atoms with Gasteiger partial charge in [-0.15, -0.1) is 0 Å². The van der Waals surface area contributed by atoms with Crippen LogP contribution in [0.4, 0.5) is 4.79 Å². The topological polar surface area (TPSA) is 111 Å². The number of hydrogen-bond donors (Lipinski definition) is 3. The second-order valence-electron chi connectivity index (χ2n) is 8.32. The van der Waals surface area contributed by atoms with Crippen LogP contribution < -0.4 is 16.1 Å². The van der Waals surface area contributed by atoms with Crippen LogP contribution in [0.5, 0.6) is 0 Å². The fourth-order valence-electron chi connectivity index (χ4n) is 3.99. The van der Waals surface area contributed by atoms with Gasteiger partial charge in [-0.2, -0.15) is 5.01 Å².